The van der Waals surface area contributed by atoms with Gasteiger partial charge in [-0.25, -0.2) is 4.94 Å². The minimum absolute atomic E-state index is 0.402. The molecule has 0 aromatic carbocycles. The van der Waals surface area contributed by atoms with Crippen molar-refractivity contribution in [1.29, 1.82) is 0 Å². The molecule has 0 amide bonds. The van der Waals surface area contributed by atoms with Crippen molar-refractivity contribution in [2.75, 3.05) is 0 Å². The van der Waals surface area contributed by atoms with Crippen LogP contribution in [0.5, 0.6) is 0 Å². The molecule has 3 heteroatoms. The van der Waals surface area contributed by atoms with Gasteiger partial charge in [-0.2, -0.15) is 11.0 Å². The molecule has 2 aliphatic rings. The van der Waals surface area contributed by atoms with E-state index >= 15 is 0 Å². The molecule has 0 spiro atoms. The van der Waals surface area contributed by atoms with Gasteiger partial charge in [0, 0.05) is 0 Å². The lowest BCUT2D eigenvalue weighted by atomic mass is 9.99. The summed E-state index contributed by atoms with van der Waals surface area (Å²) in [6.07, 6.45) is 6.67. The largest absolute Gasteiger partial charge is 0.213 e. The van der Waals surface area contributed by atoms with Crippen LogP contribution >= 0.6 is 0 Å². The Morgan fingerprint density at radius 1 is 1.44 bits per heavy atom. The first kappa shape index (κ1) is 5.41. The van der Waals surface area contributed by atoms with Crippen molar-refractivity contribution in [2.24, 2.45) is 0 Å². The second-order valence-corrected chi connectivity index (χ2v) is 2.48. The number of hydrogen-bond acceptors (Lipinski definition) is 3. The lowest BCUT2D eigenvalue weighted by Crippen LogP contribution is -2.33. The highest BCUT2D eigenvalue weighted by Crippen LogP contribution is 2.14. The SMILES string of the molecule is C1=CC2NONC2CC1. The summed E-state index contributed by atoms with van der Waals surface area (Å²) in [7, 11) is 0. The molecule has 50 valence electrons. The van der Waals surface area contributed by atoms with Crippen LogP contribution in [-0.4, -0.2) is 12.1 Å². The van der Waals surface area contributed by atoms with E-state index in [4.69, 9.17) is 4.94 Å². The van der Waals surface area contributed by atoms with Gasteiger partial charge in [-0.05, 0) is 12.8 Å². The van der Waals surface area contributed by atoms with Gasteiger partial charge in [0.05, 0.1) is 12.1 Å². The van der Waals surface area contributed by atoms with Gasteiger partial charge in [0.25, 0.3) is 0 Å². The van der Waals surface area contributed by atoms with Gasteiger partial charge < -0.3 is 0 Å². The first-order chi connectivity index (χ1) is 4.47. The Bertz CT molecular complexity index is 135. The van der Waals surface area contributed by atoms with Crippen LogP contribution in [0.15, 0.2) is 12.2 Å². The Morgan fingerprint density at radius 2 is 2.44 bits per heavy atom. The molecule has 2 atom stereocenters. The summed E-state index contributed by atoms with van der Waals surface area (Å²) in [5.41, 5.74) is 5.76. The Labute approximate surface area is 54.0 Å². The minimum Gasteiger partial charge on any atom is -0.213 e. The Morgan fingerprint density at radius 3 is 3.33 bits per heavy atom. The number of rotatable bonds is 0. The molecule has 1 aliphatic heterocycles. The molecule has 0 aromatic rings. The first-order valence-electron chi connectivity index (χ1n) is 3.30. The summed E-state index contributed by atoms with van der Waals surface area (Å²) in [6.45, 7) is 0. The highest BCUT2D eigenvalue weighted by Gasteiger charge is 2.26. The molecule has 1 fully saturated rings. The van der Waals surface area contributed by atoms with Crippen LogP contribution in [0, 0.1) is 0 Å². The van der Waals surface area contributed by atoms with Crippen molar-refractivity contribution in [3.8, 4) is 0 Å². The fourth-order valence-electron chi connectivity index (χ4n) is 1.26. The lowest BCUT2D eigenvalue weighted by molar-refractivity contribution is 0.0113. The van der Waals surface area contributed by atoms with E-state index in [1.165, 1.54) is 12.8 Å². The number of hydrogen-bond donors (Lipinski definition) is 2. The maximum Gasteiger partial charge on any atom is 0.0698 e. The normalized spacial score (nSPS) is 40.9. The molecule has 3 nitrogen and oxygen atoms in total. The third-order valence-corrected chi connectivity index (χ3v) is 1.83. The Balaban J connectivity index is 2.10. The average molecular weight is 126 g/mol. The molecule has 2 unspecified atom stereocenters. The highest BCUT2D eigenvalue weighted by atomic mass is 16.8. The Kier molecular flexibility index (Phi) is 1.26. The summed E-state index contributed by atoms with van der Waals surface area (Å²) < 4.78 is 0. The monoisotopic (exact) mass is 126 g/mol. The molecule has 0 bridgehead atoms. The number of fused-ring (bicyclic) bond motifs is 1. The number of nitrogens with one attached hydrogen (secondary N) is 2. The molecule has 2 N–H and O–H groups in total. The van der Waals surface area contributed by atoms with Gasteiger partial charge >= 0.3 is 0 Å². The molecular weight excluding hydrogens is 116 g/mol. The zero-order valence-corrected chi connectivity index (χ0v) is 5.13. The van der Waals surface area contributed by atoms with Gasteiger partial charge in [0.2, 0.25) is 0 Å². The fraction of sp³-hybridized carbons (Fsp3) is 0.667. The predicted molar refractivity (Wildman–Crippen MR) is 33.3 cm³/mol. The number of hydroxylamine groups is 2. The first-order valence-corrected chi connectivity index (χ1v) is 3.30. The van der Waals surface area contributed by atoms with Gasteiger partial charge in [0.1, 0.15) is 0 Å². The van der Waals surface area contributed by atoms with Crippen molar-refractivity contribution in [3.05, 3.63) is 12.2 Å². The zero-order chi connectivity index (χ0) is 6.10. The van der Waals surface area contributed by atoms with E-state index in [2.05, 4.69) is 23.1 Å². The van der Waals surface area contributed by atoms with Crippen molar-refractivity contribution in [3.63, 3.8) is 0 Å². The van der Waals surface area contributed by atoms with Crippen LogP contribution in [-0.2, 0) is 4.94 Å². The summed E-state index contributed by atoms with van der Waals surface area (Å²) in [4.78, 5) is 4.84. The van der Waals surface area contributed by atoms with Crippen LogP contribution in [0.2, 0.25) is 0 Å². The van der Waals surface area contributed by atoms with Crippen molar-refractivity contribution in [1.82, 2.24) is 11.0 Å². The van der Waals surface area contributed by atoms with E-state index in [1.807, 2.05) is 0 Å². The maximum absolute atomic E-state index is 4.84. The predicted octanol–water partition coefficient (Wildman–Crippen LogP) is 0.113. The van der Waals surface area contributed by atoms with Gasteiger partial charge in [-0.1, -0.05) is 12.2 Å². The number of allylic oxidation sites excluding steroid dienone is 1. The van der Waals surface area contributed by atoms with Crippen molar-refractivity contribution < 1.29 is 4.94 Å². The van der Waals surface area contributed by atoms with E-state index in [0.29, 0.717) is 12.1 Å². The smallest absolute Gasteiger partial charge is 0.0698 e. The van der Waals surface area contributed by atoms with Crippen molar-refractivity contribution >= 4 is 0 Å². The third-order valence-electron chi connectivity index (χ3n) is 1.83. The molecule has 0 aromatic heterocycles. The average Bonchev–Trinajstić information content (AvgIpc) is 2.33. The molecule has 0 radical (unpaired) electrons. The summed E-state index contributed by atoms with van der Waals surface area (Å²) in [5.74, 6) is 0. The second kappa shape index (κ2) is 2.10. The lowest BCUT2D eigenvalue weighted by Gasteiger charge is -2.15. The zero-order valence-electron chi connectivity index (χ0n) is 5.13. The molecule has 9 heavy (non-hydrogen) atoms. The summed E-state index contributed by atoms with van der Waals surface area (Å²) in [6, 6.07) is 0.897. The molecule has 2 rings (SSSR count). The third kappa shape index (κ3) is 0.871. The van der Waals surface area contributed by atoms with Crippen LogP contribution in [0.4, 0.5) is 0 Å². The maximum atomic E-state index is 4.84. The van der Waals surface area contributed by atoms with E-state index in [9.17, 15) is 0 Å². The van der Waals surface area contributed by atoms with Crippen LogP contribution < -0.4 is 11.0 Å². The highest BCUT2D eigenvalue weighted by molar-refractivity contribution is 5.04. The van der Waals surface area contributed by atoms with Gasteiger partial charge in [0.15, 0.2) is 0 Å². The minimum atomic E-state index is 0.402. The molecule has 1 aliphatic carbocycles. The standard InChI is InChI=1S/C6H10N2O/c1-2-4-6-5(3-1)7-9-8-6/h1,3,5-8H,2,4H2. The quantitative estimate of drug-likeness (QED) is 0.452. The fourth-order valence-corrected chi connectivity index (χ4v) is 1.26. The van der Waals surface area contributed by atoms with E-state index < -0.39 is 0 Å². The van der Waals surface area contributed by atoms with Crippen LogP contribution in [0.25, 0.3) is 0 Å². The van der Waals surface area contributed by atoms with Gasteiger partial charge in [-0.15, -0.1) is 0 Å². The molecule has 0 saturated carbocycles. The van der Waals surface area contributed by atoms with E-state index in [1.54, 1.807) is 0 Å². The van der Waals surface area contributed by atoms with Gasteiger partial charge in [-0.3, -0.25) is 0 Å². The van der Waals surface area contributed by atoms with Crippen LogP contribution in [0.1, 0.15) is 12.8 Å². The topological polar surface area (TPSA) is 33.3 Å². The molecule has 1 heterocycles. The summed E-state index contributed by atoms with van der Waals surface area (Å²) in [5, 5.41) is 0. The molecule has 1 saturated heterocycles. The molecular formula is C6H10N2O. The van der Waals surface area contributed by atoms with E-state index in [-0.39, 0.29) is 0 Å². The van der Waals surface area contributed by atoms with Crippen molar-refractivity contribution in [2.45, 2.75) is 24.9 Å². The van der Waals surface area contributed by atoms with E-state index in [0.717, 1.165) is 0 Å². The second-order valence-electron chi connectivity index (χ2n) is 2.48. The Hall–Kier alpha value is -0.380. The summed E-state index contributed by atoms with van der Waals surface area (Å²) >= 11 is 0. The van der Waals surface area contributed by atoms with Crippen LogP contribution in [0.3, 0.4) is 0 Å².